The summed E-state index contributed by atoms with van der Waals surface area (Å²) in [6.45, 7) is 3.85. The number of fused-ring (bicyclic) bond motifs is 1. The molecule has 2 rings (SSSR count). The molecule has 5 heteroatoms. The molecular weight excluding hydrogens is 232 g/mol. The average molecular weight is 246 g/mol. The van der Waals surface area contributed by atoms with Gasteiger partial charge in [-0.15, -0.1) is 0 Å². The van der Waals surface area contributed by atoms with Gasteiger partial charge in [-0.05, 0) is 32.0 Å². The van der Waals surface area contributed by atoms with E-state index < -0.39 is 0 Å². The summed E-state index contributed by atoms with van der Waals surface area (Å²) >= 11 is 0. The normalized spacial score (nSPS) is 10.7. The Bertz CT molecular complexity index is 581. The minimum Gasteiger partial charge on any atom is -0.474 e. The molecule has 5 nitrogen and oxygen atoms in total. The molecular formula is C13H14N2O3. The zero-order valence-electron chi connectivity index (χ0n) is 10.5. The Morgan fingerprint density at radius 1 is 1.28 bits per heavy atom. The summed E-state index contributed by atoms with van der Waals surface area (Å²) in [6, 6.07) is 5.02. The van der Waals surface area contributed by atoms with Crippen molar-refractivity contribution in [3.63, 3.8) is 0 Å². The fraction of sp³-hybridized carbons (Fsp3) is 0.308. The first-order valence-electron chi connectivity index (χ1n) is 5.62. The van der Waals surface area contributed by atoms with E-state index in [4.69, 9.17) is 4.74 Å². The van der Waals surface area contributed by atoms with E-state index in [-0.39, 0.29) is 12.1 Å². The van der Waals surface area contributed by atoms with Crippen LogP contribution in [0.4, 0.5) is 0 Å². The van der Waals surface area contributed by atoms with Crippen LogP contribution >= 0.6 is 0 Å². The number of carbonyl (C=O) groups is 1. The second kappa shape index (κ2) is 5.00. The molecule has 0 aliphatic carbocycles. The predicted molar refractivity (Wildman–Crippen MR) is 66.6 cm³/mol. The van der Waals surface area contributed by atoms with E-state index in [1.807, 2.05) is 13.8 Å². The van der Waals surface area contributed by atoms with Crippen LogP contribution in [0.2, 0.25) is 0 Å². The molecule has 1 heterocycles. The van der Waals surface area contributed by atoms with Crippen LogP contribution in [0.3, 0.4) is 0 Å². The van der Waals surface area contributed by atoms with Crippen molar-refractivity contribution < 1.29 is 14.3 Å². The number of carbonyl (C=O) groups excluding carboxylic acids is 1. The predicted octanol–water partition coefficient (Wildman–Crippen LogP) is 2.20. The SMILES string of the molecule is COC(=O)c1ccc2nc(OC(C)C)cnc2c1. The van der Waals surface area contributed by atoms with Gasteiger partial charge in [0.25, 0.3) is 0 Å². The molecule has 0 radical (unpaired) electrons. The number of hydrogen-bond acceptors (Lipinski definition) is 5. The maximum Gasteiger partial charge on any atom is 0.337 e. The first kappa shape index (κ1) is 12.3. The zero-order chi connectivity index (χ0) is 13.1. The molecule has 0 unspecified atom stereocenters. The van der Waals surface area contributed by atoms with Gasteiger partial charge in [-0.3, -0.25) is 0 Å². The summed E-state index contributed by atoms with van der Waals surface area (Å²) in [5.74, 6) is 0.0875. The van der Waals surface area contributed by atoms with Gasteiger partial charge < -0.3 is 9.47 Å². The van der Waals surface area contributed by atoms with Crippen molar-refractivity contribution in [2.75, 3.05) is 7.11 Å². The standard InChI is InChI=1S/C13H14N2O3/c1-8(2)18-12-7-14-11-6-9(13(16)17-3)4-5-10(11)15-12/h4-8H,1-3H3. The van der Waals surface area contributed by atoms with E-state index in [9.17, 15) is 4.79 Å². The topological polar surface area (TPSA) is 61.3 Å². The van der Waals surface area contributed by atoms with Crippen LogP contribution in [-0.2, 0) is 4.74 Å². The molecule has 0 atom stereocenters. The van der Waals surface area contributed by atoms with Gasteiger partial charge in [0, 0.05) is 0 Å². The highest BCUT2D eigenvalue weighted by Gasteiger charge is 2.08. The Balaban J connectivity index is 2.39. The lowest BCUT2D eigenvalue weighted by molar-refractivity contribution is 0.0601. The highest BCUT2D eigenvalue weighted by Crippen LogP contribution is 2.16. The van der Waals surface area contributed by atoms with Gasteiger partial charge in [0.2, 0.25) is 5.88 Å². The highest BCUT2D eigenvalue weighted by molar-refractivity contribution is 5.93. The van der Waals surface area contributed by atoms with Crippen molar-refractivity contribution in [1.29, 1.82) is 0 Å². The van der Waals surface area contributed by atoms with Gasteiger partial charge in [-0.25, -0.2) is 14.8 Å². The van der Waals surface area contributed by atoms with Crippen molar-refractivity contribution in [2.45, 2.75) is 20.0 Å². The molecule has 0 bridgehead atoms. The van der Waals surface area contributed by atoms with Crippen LogP contribution in [0.5, 0.6) is 5.88 Å². The molecule has 0 aliphatic heterocycles. The molecule has 0 fully saturated rings. The lowest BCUT2D eigenvalue weighted by Gasteiger charge is -2.08. The van der Waals surface area contributed by atoms with E-state index in [2.05, 4.69) is 14.7 Å². The first-order chi connectivity index (χ1) is 8.60. The first-order valence-corrected chi connectivity index (χ1v) is 5.62. The summed E-state index contributed by atoms with van der Waals surface area (Å²) in [5, 5.41) is 0. The molecule has 0 aliphatic rings. The zero-order valence-corrected chi connectivity index (χ0v) is 10.5. The molecule has 0 saturated carbocycles. The van der Waals surface area contributed by atoms with Crippen molar-refractivity contribution in [3.05, 3.63) is 30.0 Å². The Hall–Kier alpha value is -2.17. The monoisotopic (exact) mass is 246 g/mol. The number of aromatic nitrogens is 2. The maximum absolute atomic E-state index is 11.4. The fourth-order valence-corrected chi connectivity index (χ4v) is 1.54. The smallest absolute Gasteiger partial charge is 0.337 e. The average Bonchev–Trinajstić information content (AvgIpc) is 2.36. The number of rotatable bonds is 3. The minimum atomic E-state index is -0.388. The molecule has 0 spiro atoms. The number of hydrogen-bond donors (Lipinski definition) is 0. The van der Waals surface area contributed by atoms with E-state index >= 15 is 0 Å². The van der Waals surface area contributed by atoms with Crippen LogP contribution in [0, 0.1) is 0 Å². The van der Waals surface area contributed by atoms with Crippen LogP contribution in [0.15, 0.2) is 24.4 Å². The van der Waals surface area contributed by atoms with E-state index in [1.165, 1.54) is 7.11 Å². The van der Waals surface area contributed by atoms with Crippen LogP contribution in [0.25, 0.3) is 11.0 Å². The summed E-state index contributed by atoms with van der Waals surface area (Å²) in [5.41, 5.74) is 1.77. The Kier molecular flexibility index (Phi) is 3.41. The maximum atomic E-state index is 11.4. The molecule has 0 amide bonds. The van der Waals surface area contributed by atoms with E-state index in [0.717, 1.165) is 0 Å². The van der Waals surface area contributed by atoms with Crippen LogP contribution in [-0.4, -0.2) is 29.2 Å². The molecule has 1 aromatic carbocycles. The summed E-state index contributed by atoms with van der Waals surface area (Å²) in [6.07, 6.45) is 1.59. The third kappa shape index (κ3) is 2.56. The number of esters is 1. The molecule has 1 aromatic heterocycles. The summed E-state index contributed by atoms with van der Waals surface area (Å²) < 4.78 is 10.1. The van der Waals surface area contributed by atoms with Gasteiger partial charge in [-0.2, -0.15) is 0 Å². The Morgan fingerprint density at radius 2 is 2.06 bits per heavy atom. The molecule has 18 heavy (non-hydrogen) atoms. The van der Waals surface area contributed by atoms with Crippen molar-refractivity contribution >= 4 is 17.0 Å². The Morgan fingerprint density at radius 3 is 2.72 bits per heavy atom. The second-order valence-electron chi connectivity index (χ2n) is 4.07. The van der Waals surface area contributed by atoms with Crippen molar-refractivity contribution in [3.8, 4) is 5.88 Å². The van der Waals surface area contributed by atoms with Crippen LogP contribution in [0.1, 0.15) is 24.2 Å². The number of benzene rings is 1. The van der Waals surface area contributed by atoms with Crippen LogP contribution < -0.4 is 4.74 Å². The number of ether oxygens (including phenoxy) is 2. The lowest BCUT2D eigenvalue weighted by atomic mass is 10.2. The van der Waals surface area contributed by atoms with E-state index in [1.54, 1.807) is 24.4 Å². The van der Waals surface area contributed by atoms with Crippen molar-refractivity contribution in [2.24, 2.45) is 0 Å². The quantitative estimate of drug-likeness (QED) is 0.777. The third-order valence-corrected chi connectivity index (χ3v) is 2.30. The Labute approximate surface area is 105 Å². The number of nitrogens with zero attached hydrogens (tertiary/aromatic N) is 2. The lowest BCUT2D eigenvalue weighted by Crippen LogP contribution is -2.07. The number of methoxy groups -OCH3 is 1. The molecule has 94 valence electrons. The van der Waals surface area contributed by atoms with Gasteiger partial charge in [-0.1, -0.05) is 0 Å². The van der Waals surface area contributed by atoms with Gasteiger partial charge in [0.05, 0.1) is 36.0 Å². The summed E-state index contributed by atoms with van der Waals surface area (Å²) in [7, 11) is 1.35. The molecule has 0 N–H and O–H groups in total. The second-order valence-corrected chi connectivity index (χ2v) is 4.07. The van der Waals surface area contributed by atoms with Gasteiger partial charge in [0.15, 0.2) is 0 Å². The third-order valence-electron chi connectivity index (χ3n) is 2.30. The van der Waals surface area contributed by atoms with E-state index in [0.29, 0.717) is 22.5 Å². The molecule has 0 saturated heterocycles. The fourth-order valence-electron chi connectivity index (χ4n) is 1.54. The van der Waals surface area contributed by atoms with Gasteiger partial charge >= 0.3 is 5.97 Å². The van der Waals surface area contributed by atoms with Crippen molar-refractivity contribution in [1.82, 2.24) is 9.97 Å². The summed E-state index contributed by atoms with van der Waals surface area (Å²) in [4.78, 5) is 19.9. The minimum absolute atomic E-state index is 0.0473. The molecule has 2 aromatic rings. The highest BCUT2D eigenvalue weighted by atomic mass is 16.5. The largest absolute Gasteiger partial charge is 0.474 e. The van der Waals surface area contributed by atoms with Gasteiger partial charge in [0.1, 0.15) is 0 Å².